The van der Waals surface area contributed by atoms with Crippen molar-refractivity contribution in [2.24, 2.45) is 0 Å². The Morgan fingerprint density at radius 3 is 2.71 bits per heavy atom. The Balaban J connectivity index is 1.63. The van der Waals surface area contributed by atoms with Crippen molar-refractivity contribution in [3.8, 4) is 0 Å². The number of aliphatic hydroxyl groups is 1. The second-order valence-corrected chi connectivity index (χ2v) is 7.51. The van der Waals surface area contributed by atoms with Crippen LogP contribution in [0.15, 0.2) is 48.5 Å². The number of rotatable bonds is 5. The zero-order chi connectivity index (χ0) is 19.7. The Hall–Kier alpha value is -2.44. The highest BCUT2D eigenvalue weighted by Crippen LogP contribution is 2.48. The van der Waals surface area contributed by atoms with Crippen LogP contribution in [-0.4, -0.2) is 47.8 Å². The molecule has 0 spiro atoms. The monoisotopic (exact) mass is 383 g/mol. The van der Waals surface area contributed by atoms with Gasteiger partial charge in [0.1, 0.15) is 5.82 Å². The van der Waals surface area contributed by atoms with Gasteiger partial charge in [-0.2, -0.15) is 0 Å². The van der Waals surface area contributed by atoms with Crippen LogP contribution in [0.4, 0.5) is 14.9 Å². The average Bonchev–Trinajstić information content (AvgIpc) is 2.71. The number of carbonyl (C=O) groups is 1. The number of amides is 2. The van der Waals surface area contributed by atoms with Gasteiger partial charge in [-0.3, -0.25) is 9.80 Å². The van der Waals surface area contributed by atoms with E-state index in [-0.39, 0.29) is 36.5 Å². The van der Waals surface area contributed by atoms with Gasteiger partial charge in [0.25, 0.3) is 0 Å². The Kier molecular flexibility index (Phi) is 5.33. The summed E-state index contributed by atoms with van der Waals surface area (Å²) in [5, 5.41) is 13.0. The van der Waals surface area contributed by atoms with Crippen LogP contribution in [0.3, 0.4) is 0 Å². The summed E-state index contributed by atoms with van der Waals surface area (Å²) in [6.07, 6.45) is 0.874. The van der Waals surface area contributed by atoms with Crippen LogP contribution in [0.2, 0.25) is 0 Å². The lowest BCUT2D eigenvalue weighted by atomic mass is 9.72. The smallest absolute Gasteiger partial charge is 0.321 e. The fraction of sp³-hybridized carbons (Fsp3) is 0.409. The van der Waals surface area contributed by atoms with Crippen molar-refractivity contribution in [3.63, 3.8) is 0 Å². The number of aliphatic hydroxyl groups excluding tert-OH is 1. The predicted octanol–water partition coefficient (Wildman–Crippen LogP) is 3.09. The molecule has 0 unspecified atom stereocenters. The minimum atomic E-state index is -0.239. The van der Waals surface area contributed by atoms with E-state index in [4.69, 9.17) is 0 Å². The molecule has 148 valence electrons. The van der Waals surface area contributed by atoms with E-state index in [0.717, 1.165) is 17.7 Å². The summed E-state index contributed by atoms with van der Waals surface area (Å²) in [6, 6.07) is 14.5. The van der Waals surface area contributed by atoms with E-state index in [1.165, 1.54) is 6.07 Å². The second-order valence-electron chi connectivity index (χ2n) is 7.51. The van der Waals surface area contributed by atoms with Crippen LogP contribution in [0, 0.1) is 5.82 Å². The van der Waals surface area contributed by atoms with Crippen molar-refractivity contribution in [1.82, 2.24) is 10.2 Å². The molecule has 0 aliphatic carbocycles. The number of anilines is 1. The summed E-state index contributed by atoms with van der Waals surface area (Å²) in [5.74, 6) is -0.0976. The maximum atomic E-state index is 14.2. The van der Waals surface area contributed by atoms with Crippen LogP contribution in [0.25, 0.3) is 0 Å². The van der Waals surface area contributed by atoms with Crippen LogP contribution in [0.5, 0.6) is 0 Å². The summed E-state index contributed by atoms with van der Waals surface area (Å²) in [5.41, 5.74) is 2.59. The third-order valence-corrected chi connectivity index (χ3v) is 5.91. The van der Waals surface area contributed by atoms with E-state index in [9.17, 15) is 14.3 Å². The number of halogens is 1. The lowest BCUT2D eigenvalue weighted by Crippen LogP contribution is -2.69. The van der Waals surface area contributed by atoms with Crippen LogP contribution in [0.1, 0.15) is 30.4 Å². The summed E-state index contributed by atoms with van der Waals surface area (Å²) < 4.78 is 14.2. The van der Waals surface area contributed by atoms with Gasteiger partial charge in [0.15, 0.2) is 0 Å². The van der Waals surface area contributed by atoms with Crippen LogP contribution in [-0.2, 0) is 6.54 Å². The molecule has 4 rings (SSSR count). The minimum absolute atomic E-state index is 0.00594. The number of fused-ring (bicyclic) bond motifs is 3. The van der Waals surface area contributed by atoms with E-state index in [1.54, 1.807) is 17.0 Å². The highest BCUT2D eigenvalue weighted by molar-refractivity contribution is 5.94. The van der Waals surface area contributed by atoms with Crippen molar-refractivity contribution < 1.29 is 14.3 Å². The van der Waals surface area contributed by atoms with Crippen molar-refractivity contribution in [2.75, 3.05) is 24.6 Å². The fourth-order valence-corrected chi connectivity index (χ4v) is 4.54. The van der Waals surface area contributed by atoms with Gasteiger partial charge in [0.05, 0.1) is 6.61 Å². The molecule has 6 heteroatoms. The molecule has 2 amide bonds. The van der Waals surface area contributed by atoms with E-state index in [1.807, 2.05) is 37.3 Å². The molecule has 3 atom stereocenters. The van der Waals surface area contributed by atoms with E-state index >= 15 is 0 Å². The molecule has 2 aliphatic rings. The maximum Gasteiger partial charge on any atom is 0.321 e. The molecule has 2 aromatic rings. The molecule has 5 nitrogen and oxygen atoms in total. The molecule has 1 fully saturated rings. The number of nitrogens with zero attached hydrogens (tertiary/aromatic N) is 2. The van der Waals surface area contributed by atoms with E-state index in [2.05, 4.69) is 10.2 Å². The first-order chi connectivity index (χ1) is 13.7. The Morgan fingerprint density at radius 1 is 1.21 bits per heavy atom. The molecule has 2 heterocycles. The Bertz CT molecular complexity index is 859. The van der Waals surface area contributed by atoms with Gasteiger partial charge in [-0.25, -0.2) is 9.18 Å². The summed E-state index contributed by atoms with van der Waals surface area (Å²) in [6.45, 7) is 3.61. The number of urea groups is 1. The standard InChI is InChI=1S/C22H26FN3O2/c1-2-11-24-22(28)26-13-19-21(16-8-4-6-10-18(16)26)20(14-27)25(19)12-15-7-3-5-9-17(15)23/h3-10,19-21,27H,2,11-14H2,1H3,(H,24,28)/t19-,20-,21+/m0/s1. The lowest BCUT2D eigenvalue weighted by molar-refractivity contribution is -0.0491. The summed E-state index contributed by atoms with van der Waals surface area (Å²) in [4.78, 5) is 16.7. The third-order valence-electron chi connectivity index (χ3n) is 5.91. The number of hydrogen-bond acceptors (Lipinski definition) is 3. The number of nitrogens with one attached hydrogen (secondary N) is 1. The number of hydrogen-bond donors (Lipinski definition) is 2. The van der Waals surface area contributed by atoms with Gasteiger partial charge in [0, 0.05) is 48.9 Å². The average molecular weight is 383 g/mol. The molecular weight excluding hydrogens is 357 g/mol. The SMILES string of the molecule is CCCNC(=O)N1C[C@H]2[C@@H](c3ccccc31)[C@H](CO)N2Cc1ccccc1F. The maximum absolute atomic E-state index is 14.2. The van der Waals surface area contributed by atoms with Crippen molar-refractivity contribution in [1.29, 1.82) is 0 Å². The highest BCUT2D eigenvalue weighted by atomic mass is 19.1. The zero-order valence-corrected chi connectivity index (χ0v) is 16.0. The normalized spacial score (nSPS) is 23.5. The molecular formula is C22H26FN3O2. The van der Waals surface area contributed by atoms with Gasteiger partial charge in [-0.05, 0) is 24.1 Å². The van der Waals surface area contributed by atoms with Crippen molar-refractivity contribution >= 4 is 11.7 Å². The molecule has 1 saturated heterocycles. The quantitative estimate of drug-likeness (QED) is 0.834. The molecule has 0 radical (unpaired) electrons. The zero-order valence-electron chi connectivity index (χ0n) is 16.0. The highest BCUT2D eigenvalue weighted by Gasteiger charge is 2.53. The topological polar surface area (TPSA) is 55.8 Å². The van der Waals surface area contributed by atoms with Gasteiger partial charge < -0.3 is 10.4 Å². The van der Waals surface area contributed by atoms with Gasteiger partial charge >= 0.3 is 6.03 Å². The Morgan fingerprint density at radius 2 is 1.96 bits per heavy atom. The summed E-state index contributed by atoms with van der Waals surface area (Å²) in [7, 11) is 0. The first-order valence-electron chi connectivity index (χ1n) is 9.90. The molecule has 2 aliphatic heterocycles. The molecule has 0 aromatic heterocycles. The van der Waals surface area contributed by atoms with Crippen molar-refractivity contribution in [2.45, 2.75) is 37.9 Å². The van der Waals surface area contributed by atoms with E-state index < -0.39 is 0 Å². The second kappa shape index (κ2) is 7.89. The number of benzene rings is 2. The van der Waals surface area contributed by atoms with E-state index in [0.29, 0.717) is 25.2 Å². The van der Waals surface area contributed by atoms with Crippen LogP contribution >= 0.6 is 0 Å². The fourth-order valence-electron chi connectivity index (χ4n) is 4.54. The predicted molar refractivity (Wildman–Crippen MR) is 107 cm³/mol. The van der Waals surface area contributed by atoms with Gasteiger partial charge in [-0.15, -0.1) is 0 Å². The largest absolute Gasteiger partial charge is 0.395 e. The Labute approximate surface area is 164 Å². The number of likely N-dealkylation sites (tertiary alicyclic amines) is 1. The molecule has 28 heavy (non-hydrogen) atoms. The number of para-hydroxylation sites is 1. The molecule has 2 N–H and O–H groups in total. The molecule has 2 aromatic carbocycles. The van der Waals surface area contributed by atoms with Crippen molar-refractivity contribution in [3.05, 3.63) is 65.5 Å². The van der Waals surface area contributed by atoms with Gasteiger partial charge in [-0.1, -0.05) is 43.3 Å². The van der Waals surface area contributed by atoms with Crippen LogP contribution < -0.4 is 10.2 Å². The lowest BCUT2D eigenvalue weighted by Gasteiger charge is -2.59. The summed E-state index contributed by atoms with van der Waals surface area (Å²) >= 11 is 0. The first kappa shape index (κ1) is 18.9. The molecule has 0 bridgehead atoms. The first-order valence-corrected chi connectivity index (χ1v) is 9.90. The molecule has 0 saturated carbocycles. The number of carbonyl (C=O) groups excluding carboxylic acids is 1. The third kappa shape index (κ3) is 3.16. The minimum Gasteiger partial charge on any atom is -0.395 e. The van der Waals surface area contributed by atoms with Gasteiger partial charge in [0.2, 0.25) is 0 Å².